The number of Topliss-reactive ketones (excluding diaryl/α,β-unsaturated/α-hetero) is 2. The van der Waals surface area contributed by atoms with E-state index in [9.17, 15) is 19.2 Å². The van der Waals surface area contributed by atoms with Crippen molar-refractivity contribution in [3.8, 4) is 0 Å². The molecular formula is C23H24O8. The SMILES string of the molecule is COC[C@H]1OC(=O)c2coc3c2[C@]1(C)C1=C(C3=O)[C@@H]2CCC(=O)[C@@]2(C)C[C@@H]1OC(C)=O. The van der Waals surface area contributed by atoms with Crippen LogP contribution >= 0.6 is 0 Å². The standard InChI is InChI=1S/C23H24O8/c1-10(24)30-13-7-22(2)12(5-6-14(22)25)16-18(13)23(3)15(9-28-4)31-21(27)11-8-29-20(17(11)23)19(16)26/h8,12-13,15H,5-7,9H2,1-4H3/t12-,13-,15+,22-,23+/m0/s1. The molecule has 1 aliphatic heterocycles. The van der Waals surface area contributed by atoms with Gasteiger partial charge in [-0.15, -0.1) is 0 Å². The molecule has 1 fully saturated rings. The van der Waals surface area contributed by atoms with Crippen molar-refractivity contribution < 1.29 is 37.8 Å². The highest BCUT2D eigenvalue weighted by molar-refractivity contribution is 6.14. The van der Waals surface area contributed by atoms with Crippen LogP contribution in [0.15, 0.2) is 21.8 Å². The van der Waals surface area contributed by atoms with E-state index in [1.165, 1.54) is 20.3 Å². The molecule has 31 heavy (non-hydrogen) atoms. The molecule has 8 heteroatoms. The number of hydrogen-bond donors (Lipinski definition) is 0. The molecule has 3 aliphatic carbocycles. The number of carbonyl (C=O) groups is 4. The van der Waals surface area contributed by atoms with Crippen molar-refractivity contribution in [1.82, 2.24) is 0 Å². The van der Waals surface area contributed by atoms with Crippen LogP contribution < -0.4 is 0 Å². The Bertz CT molecular complexity index is 1080. The summed E-state index contributed by atoms with van der Waals surface area (Å²) in [5.41, 5.74) is -0.0741. The van der Waals surface area contributed by atoms with Gasteiger partial charge in [-0.2, -0.15) is 0 Å². The third kappa shape index (κ3) is 2.39. The second-order valence-electron chi connectivity index (χ2n) is 9.30. The maximum absolute atomic E-state index is 13.7. The van der Waals surface area contributed by atoms with Gasteiger partial charge in [0.05, 0.1) is 12.0 Å². The zero-order valence-corrected chi connectivity index (χ0v) is 17.9. The molecule has 5 rings (SSSR count). The summed E-state index contributed by atoms with van der Waals surface area (Å²) >= 11 is 0. The molecule has 0 N–H and O–H groups in total. The van der Waals surface area contributed by atoms with Crippen LogP contribution in [0.4, 0.5) is 0 Å². The monoisotopic (exact) mass is 428 g/mol. The highest BCUT2D eigenvalue weighted by atomic mass is 16.6. The molecule has 0 radical (unpaired) electrons. The number of ketones is 2. The quantitative estimate of drug-likeness (QED) is 0.676. The molecule has 4 aliphatic rings. The first-order valence-electron chi connectivity index (χ1n) is 10.5. The smallest absolute Gasteiger partial charge is 0.342 e. The molecule has 0 unspecified atom stereocenters. The number of furan rings is 1. The summed E-state index contributed by atoms with van der Waals surface area (Å²) in [6.45, 7) is 5.11. The highest BCUT2D eigenvalue weighted by Gasteiger charge is 2.64. The first-order chi connectivity index (χ1) is 14.6. The molecule has 2 heterocycles. The molecule has 0 bridgehead atoms. The Hall–Kier alpha value is -2.74. The van der Waals surface area contributed by atoms with E-state index in [2.05, 4.69) is 0 Å². The lowest BCUT2D eigenvalue weighted by molar-refractivity contribution is -0.149. The van der Waals surface area contributed by atoms with Crippen LogP contribution in [-0.4, -0.2) is 49.4 Å². The molecule has 0 spiro atoms. The number of rotatable bonds is 3. The van der Waals surface area contributed by atoms with Gasteiger partial charge >= 0.3 is 11.9 Å². The second kappa shape index (κ2) is 6.38. The van der Waals surface area contributed by atoms with Crippen LogP contribution in [0.2, 0.25) is 0 Å². The van der Waals surface area contributed by atoms with Crippen molar-refractivity contribution in [2.45, 2.75) is 57.7 Å². The Balaban J connectivity index is 1.82. The third-order valence-corrected chi connectivity index (χ3v) is 7.70. The lowest BCUT2D eigenvalue weighted by Crippen LogP contribution is -2.57. The summed E-state index contributed by atoms with van der Waals surface area (Å²) < 4.78 is 22.4. The van der Waals surface area contributed by atoms with E-state index in [1.807, 2.05) is 13.8 Å². The predicted octanol–water partition coefficient (Wildman–Crippen LogP) is 2.54. The van der Waals surface area contributed by atoms with Gasteiger partial charge in [-0.3, -0.25) is 14.4 Å². The Morgan fingerprint density at radius 1 is 1.26 bits per heavy atom. The zero-order chi connectivity index (χ0) is 22.3. The summed E-state index contributed by atoms with van der Waals surface area (Å²) in [5.74, 6) is -1.58. The van der Waals surface area contributed by atoms with Crippen molar-refractivity contribution in [3.05, 3.63) is 34.3 Å². The van der Waals surface area contributed by atoms with Gasteiger partial charge in [-0.1, -0.05) is 6.92 Å². The Morgan fingerprint density at radius 3 is 2.68 bits per heavy atom. The number of fused-ring (bicyclic) bond motifs is 3. The lowest BCUT2D eigenvalue weighted by atomic mass is 9.54. The Kier molecular flexibility index (Phi) is 4.16. The van der Waals surface area contributed by atoms with E-state index < -0.39 is 35.0 Å². The van der Waals surface area contributed by atoms with Crippen molar-refractivity contribution in [2.75, 3.05) is 13.7 Å². The minimum Gasteiger partial charge on any atom is -0.460 e. The molecule has 0 saturated heterocycles. The van der Waals surface area contributed by atoms with Crippen LogP contribution in [0, 0.1) is 11.3 Å². The van der Waals surface area contributed by atoms with Gasteiger partial charge in [0, 0.05) is 49.3 Å². The number of methoxy groups -OCH3 is 1. The van der Waals surface area contributed by atoms with Crippen molar-refractivity contribution >= 4 is 23.5 Å². The van der Waals surface area contributed by atoms with Gasteiger partial charge in [0.25, 0.3) is 0 Å². The van der Waals surface area contributed by atoms with Gasteiger partial charge < -0.3 is 18.6 Å². The number of cyclic esters (lactones) is 1. The fraction of sp³-hybridized carbons (Fsp3) is 0.565. The zero-order valence-electron chi connectivity index (χ0n) is 17.9. The molecule has 1 aromatic heterocycles. The van der Waals surface area contributed by atoms with E-state index >= 15 is 0 Å². The minimum atomic E-state index is -0.988. The highest BCUT2D eigenvalue weighted by Crippen LogP contribution is 2.61. The average Bonchev–Trinajstić information content (AvgIpc) is 3.27. The molecule has 8 nitrogen and oxygen atoms in total. The minimum absolute atomic E-state index is 0.0635. The van der Waals surface area contributed by atoms with Gasteiger partial charge in [0.2, 0.25) is 5.78 Å². The topological polar surface area (TPSA) is 109 Å². The maximum atomic E-state index is 13.7. The van der Waals surface area contributed by atoms with Crippen LogP contribution in [0.5, 0.6) is 0 Å². The van der Waals surface area contributed by atoms with Crippen LogP contribution in [0.1, 0.15) is 66.5 Å². The predicted molar refractivity (Wildman–Crippen MR) is 105 cm³/mol. The van der Waals surface area contributed by atoms with Crippen molar-refractivity contribution in [2.24, 2.45) is 11.3 Å². The fourth-order valence-corrected chi connectivity index (χ4v) is 6.28. The van der Waals surface area contributed by atoms with Crippen LogP contribution in [0.25, 0.3) is 0 Å². The summed E-state index contributed by atoms with van der Waals surface area (Å²) in [6, 6.07) is 0. The summed E-state index contributed by atoms with van der Waals surface area (Å²) in [4.78, 5) is 51.2. The van der Waals surface area contributed by atoms with Crippen LogP contribution in [0.3, 0.4) is 0 Å². The number of esters is 2. The molecule has 0 aromatic carbocycles. The number of hydrogen-bond acceptors (Lipinski definition) is 8. The molecular weight excluding hydrogens is 404 g/mol. The van der Waals surface area contributed by atoms with E-state index in [4.69, 9.17) is 18.6 Å². The van der Waals surface area contributed by atoms with E-state index in [-0.39, 0.29) is 41.8 Å². The maximum Gasteiger partial charge on any atom is 0.342 e. The Labute approximate surface area is 178 Å². The average molecular weight is 428 g/mol. The normalized spacial score (nSPS) is 36.0. The summed E-state index contributed by atoms with van der Waals surface area (Å²) in [7, 11) is 1.50. The molecule has 0 amide bonds. The molecule has 164 valence electrons. The van der Waals surface area contributed by atoms with Crippen LogP contribution in [-0.2, 0) is 29.2 Å². The molecule has 1 saturated carbocycles. The van der Waals surface area contributed by atoms with E-state index in [0.717, 1.165) is 0 Å². The fourth-order valence-electron chi connectivity index (χ4n) is 6.28. The largest absolute Gasteiger partial charge is 0.460 e. The summed E-state index contributed by atoms with van der Waals surface area (Å²) in [5, 5.41) is 0. The Morgan fingerprint density at radius 2 is 2.00 bits per heavy atom. The molecule has 5 atom stereocenters. The number of allylic oxidation sites excluding steroid dienone is 1. The van der Waals surface area contributed by atoms with Crippen molar-refractivity contribution in [3.63, 3.8) is 0 Å². The van der Waals surface area contributed by atoms with E-state index in [0.29, 0.717) is 29.6 Å². The number of ether oxygens (including phenoxy) is 3. The first kappa shape index (κ1) is 20.2. The third-order valence-electron chi connectivity index (χ3n) is 7.70. The van der Waals surface area contributed by atoms with E-state index in [1.54, 1.807) is 0 Å². The first-order valence-corrected chi connectivity index (χ1v) is 10.5. The second-order valence-corrected chi connectivity index (χ2v) is 9.30. The van der Waals surface area contributed by atoms with Gasteiger partial charge in [-0.25, -0.2) is 4.79 Å². The van der Waals surface area contributed by atoms with Gasteiger partial charge in [-0.05, 0) is 18.9 Å². The molecule has 1 aromatic rings. The van der Waals surface area contributed by atoms with Gasteiger partial charge in [0.15, 0.2) is 5.76 Å². The van der Waals surface area contributed by atoms with Gasteiger partial charge in [0.1, 0.15) is 29.8 Å². The van der Waals surface area contributed by atoms with Crippen molar-refractivity contribution in [1.29, 1.82) is 0 Å². The summed E-state index contributed by atoms with van der Waals surface area (Å²) in [6.07, 6.45) is 0.906. The lowest BCUT2D eigenvalue weighted by Gasteiger charge is -2.51. The number of carbonyl (C=O) groups excluding carboxylic acids is 4.